The normalized spacial score (nSPS) is 15.9. The van der Waals surface area contributed by atoms with Crippen molar-refractivity contribution < 1.29 is 4.42 Å². The van der Waals surface area contributed by atoms with Crippen molar-refractivity contribution in [2.75, 3.05) is 13.1 Å². The third-order valence-electron chi connectivity index (χ3n) is 4.57. The SMILES string of the molecule is CCNC(=NCc1ncc(C(C)(C)C)o1)NCCCC1CCCC1.I. The average Bonchev–Trinajstić information content (AvgIpc) is 3.19. The highest BCUT2D eigenvalue weighted by Gasteiger charge is 2.19. The Bertz CT molecular complexity index is 516. The van der Waals surface area contributed by atoms with Crippen molar-refractivity contribution in [1.29, 1.82) is 0 Å². The summed E-state index contributed by atoms with van der Waals surface area (Å²) in [5.74, 6) is 3.37. The van der Waals surface area contributed by atoms with E-state index >= 15 is 0 Å². The molecule has 1 saturated carbocycles. The van der Waals surface area contributed by atoms with Gasteiger partial charge in [0.15, 0.2) is 5.96 Å². The zero-order valence-electron chi connectivity index (χ0n) is 16.2. The molecule has 0 aliphatic heterocycles. The summed E-state index contributed by atoms with van der Waals surface area (Å²) in [4.78, 5) is 8.92. The van der Waals surface area contributed by atoms with E-state index in [1.54, 1.807) is 0 Å². The topological polar surface area (TPSA) is 62.5 Å². The molecule has 0 spiro atoms. The molecule has 0 amide bonds. The fourth-order valence-corrected chi connectivity index (χ4v) is 3.12. The predicted molar refractivity (Wildman–Crippen MR) is 115 cm³/mol. The highest BCUT2D eigenvalue weighted by Crippen LogP contribution is 2.28. The molecule has 0 aromatic carbocycles. The van der Waals surface area contributed by atoms with Crippen molar-refractivity contribution >= 4 is 29.9 Å². The van der Waals surface area contributed by atoms with Gasteiger partial charge in [0.05, 0.1) is 6.20 Å². The monoisotopic (exact) mass is 462 g/mol. The van der Waals surface area contributed by atoms with Crippen molar-refractivity contribution in [1.82, 2.24) is 15.6 Å². The largest absolute Gasteiger partial charge is 0.443 e. The number of aliphatic imine (C=N–C) groups is 1. The number of rotatable bonds is 7. The first-order valence-electron chi connectivity index (χ1n) is 9.46. The standard InChI is InChI=1S/C19H34N4O.HI/c1-5-20-18(21-12-8-11-15-9-6-7-10-15)23-14-17-22-13-16(24-17)19(2,3)4;/h13,15H,5-12,14H2,1-4H3,(H2,20,21,23);1H. The van der Waals surface area contributed by atoms with Crippen LogP contribution in [0.5, 0.6) is 0 Å². The third-order valence-corrected chi connectivity index (χ3v) is 4.57. The number of halogens is 1. The Morgan fingerprint density at radius 1 is 1.28 bits per heavy atom. The van der Waals surface area contributed by atoms with E-state index in [2.05, 4.69) is 48.3 Å². The number of nitrogens with zero attached hydrogens (tertiary/aromatic N) is 2. The first-order valence-corrected chi connectivity index (χ1v) is 9.46. The molecule has 0 unspecified atom stereocenters. The van der Waals surface area contributed by atoms with Gasteiger partial charge in [0, 0.05) is 18.5 Å². The maximum atomic E-state index is 5.80. The van der Waals surface area contributed by atoms with Crippen LogP contribution in [0.4, 0.5) is 0 Å². The predicted octanol–water partition coefficient (Wildman–Crippen LogP) is 4.62. The Kier molecular flexibility index (Phi) is 9.82. The molecule has 1 aliphatic rings. The number of hydrogen-bond acceptors (Lipinski definition) is 3. The lowest BCUT2D eigenvalue weighted by Crippen LogP contribution is -2.37. The lowest BCUT2D eigenvalue weighted by molar-refractivity contribution is 0.383. The highest BCUT2D eigenvalue weighted by atomic mass is 127. The molecule has 25 heavy (non-hydrogen) atoms. The number of oxazole rings is 1. The summed E-state index contributed by atoms with van der Waals surface area (Å²) in [5.41, 5.74) is -0.0159. The van der Waals surface area contributed by atoms with Crippen LogP contribution < -0.4 is 10.6 Å². The molecule has 6 heteroatoms. The molecule has 0 atom stereocenters. The number of nitrogens with one attached hydrogen (secondary N) is 2. The lowest BCUT2D eigenvalue weighted by Gasteiger charge is -2.13. The molecule has 1 aromatic heterocycles. The van der Waals surface area contributed by atoms with Crippen LogP contribution in [0.2, 0.25) is 0 Å². The molecule has 1 heterocycles. The molecule has 0 bridgehead atoms. The zero-order chi connectivity index (χ0) is 17.4. The quantitative estimate of drug-likeness (QED) is 0.269. The van der Waals surface area contributed by atoms with Gasteiger partial charge in [0.2, 0.25) is 5.89 Å². The summed E-state index contributed by atoms with van der Waals surface area (Å²) >= 11 is 0. The molecular formula is C19H35IN4O. The van der Waals surface area contributed by atoms with Crippen LogP contribution in [0.25, 0.3) is 0 Å². The van der Waals surface area contributed by atoms with Crippen LogP contribution in [-0.4, -0.2) is 24.0 Å². The van der Waals surface area contributed by atoms with Gasteiger partial charge in [-0.3, -0.25) is 0 Å². The molecule has 5 nitrogen and oxygen atoms in total. The first kappa shape index (κ1) is 22.3. The van der Waals surface area contributed by atoms with Gasteiger partial charge in [-0.2, -0.15) is 0 Å². The average molecular weight is 462 g/mol. The molecule has 0 saturated heterocycles. The maximum absolute atomic E-state index is 5.80. The smallest absolute Gasteiger partial charge is 0.216 e. The second-order valence-electron chi connectivity index (χ2n) is 7.78. The molecule has 2 rings (SSSR count). The summed E-state index contributed by atoms with van der Waals surface area (Å²) in [6.07, 6.45) is 10.1. The van der Waals surface area contributed by atoms with Gasteiger partial charge in [0.1, 0.15) is 12.3 Å². The second-order valence-corrected chi connectivity index (χ2v) is 7.78. The Hall–Kier alpha value is -0.790. The van der Waals surface area contributed by atoms with Gasteiger partial charge >= 0.3 is 0 Å². The van der Waals surface area contributed by atoms with E-state index in [4.69, 9.17) is 4.42 Å². The Labute approximate surface area is 169 Å². The van der Waals surface area contributed by atoms with E-state index < -0.39 is 0 Å². The van der Waals surface area contributed by atoms with Gasteiger partial charge in [-0.25, -0.2) is 9.98 Å². The molecule has 0 radical (unpaired) electrons. The summed E-state index contributed by atoms with van der Waals surface area (Å²) < 4.78 is 5.80. The van der Waals surface area contributed by atoms with Crippen LogP contribution in [0.15, 0.2) is 15.6 Å². The van der Waals surface area contributed by atoms with Gasteiger partial charge in [-0.1, -0.05) is 46.5 Å². The van der Waals surface area contributed by atoms with Crippen molar-refractivity contribution in [3.63, 3.8) is 0 Å². The Morgan fingerprint density at radius 2 is 2.00 bits per heavy atom. The van der Waals surface area contributed by atoms with Gasteiger partial charge in [-0.05, 0) is 25.7 Å². The molecular weight excluding hydrogens is 427 g/mol. The van der Waals surface area contributed by atoms with Crippen LogP contribution >= 0.6 is 24.0 Å². The third kappa shape index (κ3) is 7.96. The Balaban J connectivity index is 0.00000312. The highest BCUT2D eigenvalue weighted by molar-refractivity contribution is 14.0. The summed E-state index contributed by atoms with van der Waals surface area (Å²) in [6.45, 7) is 10.7. The summed E-state index contributed by atoms with van der Waals surface area (Å²) in [6, 6.07) is 0. The van der Waals surface area contributed by atoms with E-state index in [-0.39, 0.29) is 29.4 Å². The maximum Gasteiger partial charge on any atom is 0.216 e. The molecule has 144 valence electrons. The van der Waals surface area contributed by atoms with E-state index in [0.717, 1.165) is 30.7 Å². The second kappa shape index (κ2) is 11.0. The van der Waals surface area contributed by atoms with E-state index in [9.17, 15) is 0 Å². The number of guanidine groups is 1. The fourth-order valence-electron chi connectivity index (χ4n) is 3.12. The van der Waals surface area contributed by atoms with Crippen molar-refractivity contribution in [3.05, 3.63) is 17.8 Å². The van der Waals surface area contributed by atoms with Crippen LogP contribution in [0.1, 0.15) is 77.9 Å². The van der Waals surface area contributed by atoms with Crippen LogP contribution in [-0.2, 0) is 12.0 Å². The van der Waals surface area contributed by atoms with E-state index in [1.165, 1.54) is 38.5 Å². The van der Waals surface area contributed by atoms with E-state index in [1.807, 2.05) is 6.20 Å². The number of aromatic nitrogens is 1. The minimum absolute atomic E-state index is 0. The van der Waals surface area contributed by atoms with Crippen molar-refractivity contribution in [3.8, 4) is 0 Å². The minimum Gasteiger partial charge on any atom is -0.443 e. The Morgan fingerprint density at radius 3 is 2.60 bits per heavy atom. The minimum atomic E-state index is -0.0159. The lowest BCUT2D eigenvalue weighted by atomic mass is 9.94. The van der Waals surface area contributed by atoms with Crippen LogP contribution in [0.3, 0.4) is 0 Å². The zero-order valence-corrected chi connectivity index (χ0v) is 18.6. The van der Waals surface area contributed by atoms with Gasteiger partial charge < -0.3 is 15.1 Å². The van der Waals surface area contributed by atoms with Crippen LogP contribution in [0, 0.1) is 5.92 Å². The van der Waals surface area contributed by atoms with Gasteiger partial charge in [-0.15, -0.1) is 24.0 Å². The number of hydrogen-bond donors (Lipinski definition) is 2. The van der Waals surface area contributed by atoms with Crippen molar-refractivity contribution in [2.45, 2.75) is 78.2 Å². The summed E-state index contributed by atoms with van der Waals surface area (Å²) in [7, 11) is 0. The molecule has 1 aliphatic carbocycles. The fraction of sp³-hybridized carbons (Fsp3) is 0.789. The molecule has 1 fully saturated rings. The molecule has 2 N–H and O–H groups in total. The van der Waals surface area contributed by atoms with Crippen molar-refractivity contribution in [2.24, 2.45) is 10.9 Å². The van der Waals surface area contributed by atoms with E-state index in [0.29, 0.717) is 12.4 Å². The molecule has 1 aromatic rings. The van der Waals surface area contributed by atoms with Gasteiger partial charge in [0.25, 0.3) is 0 Å². The first-order chi connectivity index (χ1) is 11.5. The summed E-state index contributed by atoms with van der Waals surface area (Å²) in [5, 5.41) is 6.71.